The van der Waals surface area contributed by atoms with Crippen LogP contribution in [0.4, 0.5) is 0 Å². The highest BCUT2D eigenvalue weighted by Crippen LogP contribution is 2.02. The Hall–Kier alpha value is -2.69. The van der Waals surface area contributed by atoms with Crippen molar-refractivity contribution in [2.24, 2.45) is 5.92 Å². The molecule has 0 aromatic carbocycles. The molecule has 0 amide bonds. The number of hydrogen-bond donors (Lipinski definition) is 6. The van der Waals surface area contributed by atoms with Gasteiger partial charge in [-0.1, -0.05) is 20.1 Å². The number of carboxylic acid groups (broad SMARTS) is 3. The molecule has 0 spiro atoms. The van der Waals surface area contributed by atoms with E-state index in [0.717, 1.165) is 18.6 Å². The monoisotopic (exact) mass is 408 g/mol. The molecule has 28 heavy (non-hydrogen) atoms. The van der Waals surface area contributed by atoms with E-state index in [-0.39, 0.29) is 31.5 Å². The standard InChI is InChI=1S/C6H10O3.C6H14O3.2C3H4O2/c1-3-4-9-5(2)6(7)8;7-3-1-2-6(4-8)5-9;2*1-2-3(4)5/h2-4H2,1H3,(H,7,8);6-9H,1-5H2;2*2H,1H2,(H,4,5). The second kappa shape index (κ2) is 26.5. The van der Waals surface area contributed by atoms with Gasteiger partial charge in [0.15, 0.2) is 5.76 Å². The van der Waals surface area contributed by atoms with Gasteiger partial charge in [0.1, 0.15) is 0 Å². The lowest BCUT2D eigenvalue weighted by Crippen LogP contribution is -2.11. The molecule has 6 N–H and O–H groups in total. The normalized spacial score (nSPS) is 8.46. The molecule has 0 aliphatic carbocycles. The van der Waals surface area contributed by atoms with Crippen molar-refractivity contribution in [1.82, 2.24) is 0 Å². The Kier molecular flexibility index (Phi) is 31.2. The molecule has 0 atom stereocenters. The summed E-state index contributed by atoms with van der Waals surface area (Å²) in [4.78, 5) is 28.5. The van der Waals surface area contributed by atoms with Crippen LogP contribution in [0, 0.1) is 5.92 Å². The van der Waals surface area contributed by atoms with Gasteiger partial charge in [-0.15, -0.1) is 0 Å². The number of aliphatic carboxylic acids is 3. The van der Waals surface area contributed by atoms with Crippen LogP contribution in [0.15, 0.2) is 37.6 Å². The second-order valence-electron chi connectivity index (χ2n) is 4.76. The maximum atomic E-state index is 9.98. The highest BCUT2D eigenvalue weighted by molar-refractivity contribution is 5.83. The number of aliphatic hydroxyl groups excluding tert-OH is 3. The number of carbonyl (C=O) groups is 3. The minimum atomic E-state index is -1.09. The molecular weight excluding hydrogens is 376 g/mol. The van der Waals surface area contributed by atoms with E-state index in [1.807, 2.05) is 6.92 Å². The quantitative estimate of drug-likeness (QED) is 0.212. The van der Waals surface area contributed by atoms with Gasteiger partial charge in [-0.25, -0.2) is 14.4 Å². The van der Waals surface area contributed by atoms with Gasteiger partial charge in [-0.05, 0) is 25.8 Å². The summed E-state index contributed by atoms with van der Waals surface area (Å²) in [5, 5.41) is 48.8. The first-order valence-electron chi connectivity index (χ1n) is 8.15. The van der Waals surface area contributed by atoms with Crippen molar-refractivity contribution in [3.05, 3.63) is 37.6 Å². The molecule has 0 radical (unpaired) electrons. The summed E-state index contributed by atoms with van der Waals surface area (Å²) < 4.78 is 4.66. The van der Waals surface area contributed by atoms with Crippen molar-refractivity contribution in [2.75, 3.05) is 26.4 Å². The van der Waals surface area contributed by atoms with Crippen molar-refractivity contribution in [2.45, 2.75) is 26.2 Å². The van der Waals surface area contributed by atoms with Gasteiger partial charge < -0.3 is 35.4 Å². The zero-order valence-electron chi connectivity index (χ0n) is 16.1. The maximum absolute atomic E-state index is 9.98. The third kappa shape index (κ3) is 38.7. The minimum Gasteiger partial charge on any atom is -0.487 e. The fourth-order valence-corrected chi connectivity index (χ4v) is 0.907. The van der Waals surface area contributed by atoms with Gasteiger partial charge >= 0.3 is 17.9 Å². The van der Waals surface area contributed by atoms with Gasteiger partial charge in [0.25, 0.3) is 0 Å². The van der Waals surface area contributed by atoms with Crippen molar-refractivity contribution < 1.29 is 49.8 Å². The van der Waals surface area contributed by atoms with Crippen molar-refractivity contribution in [3.63, 3.8) is 0 Å². The van der Waals surface area contributed by atoms with Gasteiger partial charge in [0.05, 0.1) is 6.61 Å². The lowest BCUT2D eigenvalue weighted by atomic mass is 10.1. The first-order valence-corrected chi connectivity index (χ1v) is 8.15. The first kappa shape index (κ1) is 32.9. The number of carboxylic acids is 3. The molecule has 0 rings (SSSR count). The topological polar surface area (TPSA) is 182 Å². The molecule has 0 heterocycles. The predicted octanol–water partition coefficient (Wildman–Crippen LogP) is 0.885. The summed E-state index contributed by atoms with van der Waals surface area (Å²) in [7, 11) is 0. The van der Waals surface area contributed by atoms with Crippen LogP contribution < -0.4 is 0 Å². The average Bonchev–Trinajstić information content (AvgIpc) is 2.68. The SMILES string of the molecule is C=C(OCCC)C(=O)O.C=CC(=O)O.C=CC(=O)O.OCCCC(CO)CO. The smallest absolute Gasteiger partial charge is 0.370 e. The average molecular weight is 408 g/mol. The molecule has 0 unspecified atom stereocenters. The zero-order valence-corrected chi connectivity index (χ0v) is 16.1. The summed E-state index contributed by atoms with van der Waals surface area (Å²) in [6.45, 7) is 11.6. The fraction of sp³-hybridized carbons (Fsp3) is 0.500. The van der Waals surface area contributed by atoms with Crippen LogP contribution >= 0.6 is 0 Å². The molecule has 0 bridgehead atoms. The van der Waals surface area contributed by atoms with Gasteiger partial charge in [-0.3, -0.25) is 0 Å². The number of hydrogen-bond acceptors (Lipinski definition) is 7. The Morgan fingerprint density at radius 3 is 1.57 bits per heavy atom. The van der Waals surface area contributed by atoms with Crippen molar-refractivity contribution in [3.8, 4) is 0 Å². The van der Waals surface area contributed by atoms with Crippen LogP contribution in [0.25, 0.3) is 0 Å². The highest BCUT2D eigenvalue weighted by atomic mass is 16.5. The summed E-state index contributed by atoms with van der Waals surface area (Å²) in [5.74, 6) is -3.28. The first-order chi connectivity index (χ1) is 13.1. The molecule has 0 saturated heterocycles. The molecule has 0 aliphatic heterocycles. The van der Waals surface area contributed by atoms with E-state index >= 15 is 0 Å². The Bertz CT molecular complexity index is 424. The molecule has 0 fully saturated rings. The highest BCUT2D eigenvalue weighted by Gasteiger charge is 2.03. The van der Waals surface area contributed by atoms with Crippen molar-refractivity contribution in [1.29, 1.82) is 0 Å². The van der Waals surface area contributed by atoms with E-state index in [4.69, 9.17) is 30.6 Å². The molecule has 164 valence electrons. The summed E-state index contributed by atoms with van der Waals surface area (Å²) in [6, 6.07) is 0. The summed E-state index contributed by atoms with van der Waals surface area (Å²) >= 11 is 0. The van der Waals surface area contributed by atoms with Crippen LogP contribution in [0.5, 0.6) is 0 Å². The molecule has 0 aromatic heterocycles. The van der Waals surface area contributed by atoms with Gasteiger partial charge in [-0.2, -0.15) is 0 Å². The van der Waals surface area contributed by atoms with E-state index in [9.17, 15) is 14.4 Å². The predicted molar refractivity (Wildman–Crippen MR) is 103 cm³/mol. The zero-order chi connectivity index (χ0) is 23.0. The maximum Gasteiger partial charge on any atom is 0.370 e. The number of aliphatic hydroxyl groups is 3. The Labute approximate surface area is 164 Å². The third-order valence-corrected chi connectivity index (χ3v) is 2.36. The van der Waals surface area contributed by atoms with Crippen molar-refractivity contribution >= 4 is 17.9 Å². The molecule has 0 saturated carbocycles. The van der Waals surface area contributed by atoms with E-state index in [1.54, 1.807) is 0 Å². The van der Waals surface area contributed by atoms with Crippen LogP contribution in [-0.2, 0) is 19.1 Å². The van der Waals surface area contributed by atoms with E-state index < -0.39 is 17.9 Å². The lowest BCUT2D eigenvalue weighted by molar-refractivity contribution is -0.136. The molecule has 10 heteroatoms. The Balaban J connectivity index is -0.000000143. The lowest BCUT2D eigenvalue weighted by Gasteiger charge is -2.07. The van der Waals surface area contributed by atoms with Crippen LogP contribution in [0.2, 0.25) is 0 Å². The largest absolute Gasteiger partial charge is 0.487 e. The Morgan fingerprint density at radius 1 is 0.964 bits per heavy atom. The van der Waals surface area contributed by atoms with E-state index in [1.165, 1.54) is 0 Å². The molecule has 0 aliphatic rings. The van der Waals surface area contributed by atoms with Crippen LogP contribution in [0.3, 0.4) is 0 Å². The van der Waals surface area contributed by atoms with Crippen LogP contribution in [0.1, 0.15) is 26.2 Å². The summed E-state index contributed by atoms with van der Waals surface area (Å²) in [5.41, 5.74) is 0. The second-order valence-corrected chi connectivity index (χ2v) is 4.76. The Morgan fingerprint density at radius 2 is 1.36 bits per heavy atom. The molecule has 10 nitrogen and oxygen atoms in total. The molecule has 0 aromatic rings. The minimum absolute atomic E-state index is 0.0104. The number of rotatable bonds is 11. The van der Waals surface area contributed by atoms with Gasteiger partial charge in [0, 0.05) is 37.9 Å². The third-order valence-electron chi connectivity index (χ3n) is 2.36. The van der Waals surface area contributed by atoms with Crippen LogP contribution in [-0.4, -0.2) is 75.0 Å². The molecular formula is C18H32O10. The van der Waals surface area contributed by atoms with E-state index in [0.29, 0.717) is 19.4 Å². The van der Waals surface area contributed by atoms with E-state index in [2.05, 4.69) is 24.5 Å². The number of ether oxygens (including phenoxy) is 1. The fourth-order valence-electron chi connectivity index (χ4n) is 0.907. The summed E-state index contributed by atoms with van der Waals surface area (Å²) in [6.07, 6.45) is 3.82. The van der Waals surface area contributed by atoms with Gasteiger partial charge in [0.2, 0.25) is 0 Å².